The van der Waals surface area contributed by atoms with Gasteiger partial charge in [0.2, 0.25) is 0 Å². The van der Waals surface area contributed by atoms with E-state index in [9.17, 15) is 0 Å². The van der Waals surface area contributed by atoms with Crippen molar-refractivity contribution in [3.8, 4) is 0 Å². The van der Waals surface area contributed by atoms with Gasteiger partial charge in [-0.1, -0.05) is 0 Å². The number of aromatic nitrogens is 4. The minimum atomic E-state index is 0.347. The highest BCUT2D eigenvalue weighted by atomic mass is 16.5. The molecule has 1 unspecified atom stereocenters. The molecule has 0 aliphatic carbocycles. The third kappa shape index (κ3) is 2.46. The van der Waals surface area contributed by atoms with Crippen LogP contribution in [0.1, 0.15) is 12.1 Å². The van der Waals surface area contributed by atoms with E-state index in [2.05, 4.69) is 20.0 Å². The van der Waals surface area contributed by atoms with Gasteiger partial charge in [0.15, 0.2) is 0 Å². The van der Waals surface area contributed by atoms with Crippen molar-refractivity contribution in [1.29, 1.82) is 0 Å². The maximum atomic E-state index is 5.52. The Bertz CT molecular complexity index is 579. The average molecular weight is 277 g/mol. The summed E-state index contributed by atoms with van der Waals surface area (Å²) in [7, 11) is 1.71. The number of aryl methyl sites for hydroxylation is 1. The van der Waals surface area contributed by atoms with Crippen LogP contribution in [0, 0.1) is 6.92 Å². The molecule has 0 bridgehead atoms. The van der Waals surface area contributed by atoms with E-state index in [0.29, 0.717) is 18.4 Å². The number of ether oxygens (including phenoxy) is 2. The monoisotopic (exact) mass is 277 g/mol. The van der Waals surface area contributed by atoms with E-state index in [1.54, 1.807) is 11.6 Å². The summed E-state index contributed by atoms with van der Waals surface area (Å²) in [6.45, 7) is 4.97. The van der Waals surface area contributed by atoms with Crippen LogP contribution in [-0.2, 0) is 9.47 Å². The highest BCUT2D eigenvalue weighted by Crippen LogP contribution is 2.22. The zero-order chi connectivity index (χ0) is 13.9. The summed E-state index contributed by atoms with van der Waals surface area (Å²) in [4.78, 5) is 10.9. The number of nitrogens with zero attached hydrogens (tertiary/aromatic N) is 5. The van der Waals surface area contributed by atoms with Gasteiger partial charge in [0.05, 0.1) is 19.3 Å². The Morgan fingerprint density at radius 1 is 1.55 bits per heavy atom. The van der Waals surface area contributed by atoms with Crippen molar-refractivity contribution in [2.45, 2.75) is 19.4 Å². The van der Waals surface area contributed by atoms with Crippen molar-refractivity contribution in [3.05, 3.63) is 18.1 Å². The Balaban J connectivity index is 2.00. The van der Waals surface area contributed by atoms with Gasteiger partial charge in [0.25, 0.3) is 5.78 Å². The van der Waals surface area contributed by atoms with Crippen LogP contribution >= 0.6 is 0 Å². The van der Waals surface area contributed by atoms with Gasteiger partial charge in [0, 0.05) is 32.0 Å². The second kappa shape index (κ2) is 5.72. The molecule has 0 aromatic carbocycles. The predicted octanol–water partition coefficient (Wildman–Crippen LogP) is 0.674. The molecular formula is C13H19N5O2. The number of methoxy groups -OCH3 is 1. The second-order valence-electron chi connectivity index (χ2n) is 4.93. The van der Waals surface area contributed by atoms with E-state index in [1.807, 2.05) is 13.0 Å². The lowest BCUT2D eigenvalue weighted by molar-refractivity contribution is 0.186. The first-order chi connectivity index (χ1) is 9.79. The zero-order valence-corrected chi connectivity index (χ0v) is 11.8. The van der Waals surface area contributed by atoms with Crippen molar-refractivity contribution in [2.24, 2.45) is 0 Å². The van der Waals surface area contributed by atoms with Crippen molar-refractivity contribution < 1.29 is 9.47 Å². The number of hydrogen-bond donors (Lipinski definition) is 0. The maximum absolute atomic E-state index is 5.52. The molecule has 0 radical (unpaired) electrons. The quantitative estimate of drug-likeness (QED) is 0.800. The number of fused-ring (bicyclic) bond motifs is 1. The Kier molecular flexibility index (Phi) is 3.79. The third-order valence-corrected chi connectivity index (χ3v) is 3.54. The molecule has 20 heavy (non-hydrogen) atoms. The summed E-state index contributed by atoms with van der Waals surface area (Å²) in [5.74, 6) is 1.62. The van der Waals surface area contributed by atoms with Crippen LogP contribution in [0.15, 0.2) is 12.4 Å². The van der Waals surface area contributed by atoms with E-state index in [0.717, 1.165) is 37.7 Å². The Hall–Kier alpha value is -1.73. The highest BCUT2D eigenvalue weighted by Gasteiger charge is 2.25. The largest absolute Gasteiger partial charge is 0.383 e. The number of anilines is 1. The summed E-state index contributed by atoms with van der Waals surface area (Å²) in [6.07, 6.45) is 2.55. The van der Waals surface area contributed by atoms with Crippen LogP contribution in [0.25, 0.3) is 5.78 Å². The van der Waals surface area contributed by atoms with Crippen molar-refractivity contribution in [1.82, 2.24) is 19.6 Å². The topological polar surface area (TPSA) is 64.8 Å². The van der Waals surface area contributed by atoms with Crippen LogP contribution in [0.5, 0.6) is 0 Å². The summed E-state index contributed by atoms with van der Waals surface area (Å²) in [5.41, 5.74) is 0.932. The van der Waals surface area contributed by atoms with Gasteiger partial charge in [-0.25, -0.2) is 4.98 Å². The smallest absolute Gasteiger partial charge is 0.254 e. The Morgan fingerprint density at radius 2 is 2.45 bits per heavy atom. The minimum Gasteiger partial charge on any atom is -0.383 e. The summed E-state index contributed by atoms with van der Waals surface area (Å²) >= 11 is 0. The SMILES string of the molecule is COCCN(c1cc(C)nc2ncnn12)C1CCOC1. The molecule has 0 amide bonds. The summed E-state index contributed by atoms with van der Waals surface area (Å²) < 4.78 is 12.5. The first kappa shape index (κ1) is 13.3. The van der Waals surface area contributed by atoms with E-state index in [1.165, 1.54) is 6.33 Å². The molecule has 1 aliphatic heterocycles. The van der Waals surface area contributed by atoms with Crippen molar-refractivity contribution in [3.63, 3.8) is 0 Å². The standard InChI is InChI=1S/C13H19N5O2/c1-10-7-12(18-13(16-10)14-9-15-18)17(4-6-19-2)11-3-5-20-8-11/h7,9,11H,3-6,8H2,1-2H3. The molecule has 108 valence electrons. The lowest BCUT2D eigenvalue weighted by atomic mass is 10.2. The Labute approximate surface area is 117 Å². The van der Waals surface area contributed by atoms with Crippen LogP contribution in [0.4, 0.5) is 5.82 Å². The normalized spacial score (nSPS) is 18.8. The van der Waals surface area contributed by atoms with Crippen LogP contribution in [0.3, 0.4) is 0 Å². The number of rotatable bonds is 5. The van der Waals surface area contributed by atoms with Gasteiger partial charge in [-0.3, -0.25) is 0 Å². The minimum absolute atomic E-state index is 0.347. The number of hydrogen-bond acceptors (Lipinski definition) is 6. The van der Waals surface area contributed by atoms with Crippen LogP contribution in [-0.4, -0.2) is 59.1 Å². The average Bonchev–Trinajstić information content (AvgIpc) is 3.09. The first-order valence-corrected chi connectivity index (χ1v) is 6.80. The van der Waals surface area contributed by atoms with E-state index in [-0.39, 0.29) is 0 Å². The van der Waals surface area contributed by atoms with Gasteiger partial charge >= 0.3 is 0 Å². The van der Waals surface area contributed by atoms with E-state index >= 15 is 0 Å². The fraction of sp³-hybridized carbons (Fsp3) is 0.615. The molecule has 7 nitrogen and oxygen atoms in total. The third-order valence-electron chi connectivity index (χ3n) is 3.54. The van der Waals surface area contributed by atoms with Crippen molar-refractivity contribution in [2.75, 3.05) is 38.4 Å². The Morgan fingerprint density at radius 3 is 3.20 bits per heavy atom. The van der Waals surface area contributed by atoms with E-state index in [4.69, 9.17) is 9.47 Å². The molecule has 0 saturated carbocycles. The molecule has 0 spiro atoms. The molecule has 2 aromatic rings. The fourth-order valence-corrected chi connectivity index (χ4v) is 2.56. The van der Waals surface area contributed by atoms with Crippen LogP contribution in [0.2, 0.25) is 0 Å². The summed E-state index contributed by atoms with van der Waals surface area (Å²) in [5, 5.41) is 4.28. The van der Waals surface area contributed by atoms with Gasteiger partial charge in [-0.15, -0.1) is 0 Å². The molecule has 1 aliphatic rings. The molecule has 2 aromatic heterocycles. The molecule has 7 heteroatoms. The molecule has 1 atom stereocenters. The van der Waals surface area contributed by atoms with Crippen LogP contribution < -0.4 is 4.90 Å². The molecule has 3 rings (SSSR count). The summed E-state index contributed by atoms with van der Waals surface area (Å²) in [6, 6.07) is 2.38. The highest BCUT2D eigenvalue weighted by molar-refractivity contribution is 5.48. The molecule has 3 heterocycles. The zero-order valence-electron chi connectivity index (χ0n) is 11.8. The van der Waals surface area contributed by atoms with Gasteiger partial charge in [-0.2, -0.15) is 14.6 Å². The molecule has 1 saturated heterocycles. The lowest BCUT2D eigenvalue weighted by Crippen LogP contribution is -2.39. The predicted molar refractivity (Wildman–Crippen MR) is 74.0 cm³/mol. The maximum Gasteiger partial charge on any atom is 0.254 e. The second-order valence-corrected chi connectivity index (χ2v) is 4.93. The van der Waals surface area contributed by atoms with E-state index < -0.39 is 0 Å². The molecule has 1 fully saturated rings. The molecule has 0 N–H and O–H groups in total. The van der Waals surface area contributed by atoms with Gasteiger partial charge in [0.1, 0.15) is 12.1 Å². The molecular weight excluding hydrogens is 258 g/mol. The van der Waals surface area contributed by atoms with Crippen molar-refractivity contribution >= 4 is 11.6 Å². The van der Waals surface area contributed by atoms with Gasteiger partial charge < -0.3 is 14.4 Å². The first-order valence-electron chi connectivity index (χ1n) is 6.80. The fourth-order valence-electron chi connectivity index (χ4n) is 2.56. The lowest BCUT2D eigenvalue weighted by Gasteiger charge is -2.30. The van der Waals surface area contributed by atoms with Gasteiger partial charge in [-0.05, 0) is 13.3 Å².